The predicted molar refractivity (Wildman–Crippen MR) is 93.3 cm³/mol. The molecule has 0 saturated carbocycles. The molecule has 0 aliphatic heterocycles. The van der Waals surface area contributed by atoms with Crippen LogP contribution in [0.4, 0.5) is 4.39 Å². The molecule has 0 saturated heterocycles. The summed E-state index contributed by atoms with van der Waals surface area (Å²) >= 11 is 0. The third-order valence-corrected chi connectivity index (χ3v) is 3.74. The molecular weight excluding hydrogens is 341 g/mol. The maximum Gasteiger partial charge on any atom is 0.346 e. The lowest BCUT2D eigenvalue weighted by Gasteiger charge is -2.16. The molecule has 2 aromatic rings. The van der Waals surface area contributed by atoms with Gasteiger partial charge in [-0.25, -0.2) is 9.18 Å². The molecular formula is C19H20FNO5. The summed E-state index contributed by atoms with van der Waals surface area (Å²) in [4.78, 5) is 23.7. The maximum atomic E-state index is 12.9. The molecule has 138 valence electrons. The van der Waals surface area contributed by atoms with Crippen LogP contribution in [0.15, 0.2) is 36.4 Å². The Bertz CT molecular complexity index is 781. The smallest absolute Gasteiger partial charge is 0.346 e. The number of aliphatic carboxylic acids is 1. The van der Waals surface area contributed by atoms with Crippen LogP contribution >= 0.6 is 0 Å². The molecule has 7 heteroatoms. The minimum Gasteiger partial charge on any atom is -0.496 e. The highest BCUT2D eigenvalue weighted by atomic mass is 19.1. The lowest BCUT2D eigenvalue weighted by Crippen LogP contribution is -2.40. The van der Waals surface area contributed by atoms with Gasteiger partial charge in [-0.15, -0.1) is 0 Å². The average molecular weight is 361 g/mol. The summed E-state index contributed by atoms with van der Waals surface area (Å²) in [7, 11) is 1.55. The van der Waals surface area contributed by atoms with Gasteiger partial charge in [-0.3, -0.25) is 4.79 Å². The van der Waals surface area contributed by atoms with Crippen LogP contribution in [0.25, 0.3) is 0 Å². The first kappa shape index (κ1) is 19.2. The zero-order chi connectivity index (χ0) is 19.3. The number of benzene rings is 2. The summed E-state index contributed by atoms with van der Waals surface area (Å²) in [5.41, 5.74) is 2.00. The van der Waals surface area contributed by atoms with E-state index < -0.39 is 23.8 Å². The summed E-state index contributed by atoms with van der Waals surface area (Å²) in [5.74, 6) is -1.22. The molecule has 26 heavy (non-hydrogen) atoms. The molecule has 0 radical (unpaired) electrons. The van der Waals surface area contributed by atoms with Crippen LogP contribution in [0, 0.1) is 19.7 Å². The van der Waals surface area contributed by atoms with Gasteiger partial charge >= 0.3 is 5.97 Å². The molecule has 0 bridgehead atoms. The van der Waals surface area contributed by atoms with Crippen molar-refractivity contribution in [3.05, 3.63) is 58.9 Å². The van der Waals surface area contributed by atoms with Crippen LogP contribution < -0.4 is 14.8 Å². The number of aryl methyl sites for hydroxylation is 2. The summed E-state index contributed by atoms with van der Waals surface area (Å²) in [5, 5.41) is 11.8. The maximum absolute atomic E-state index is 12.9. The number of carbonyl (C=O) groups is 2. The number of methoxy groups -OCH3 is 1. The molecule has 2 N–H and O–H groups in total. The second-order valence-corrected chi connectivity index (χ2v) is 5.75. The van der Waals surface area contributed by atoms with E-state index in [2.05, 4.69) is 5.32 Å². The fourth-order valence-corrected chi connectivity index (χ4v) is 2.55. The third kappa shape index (κ3) is 4.72. The zero-order valence-electron chi connectivity index (χ0n) is 14.7. The van der Waals surface area contributed by atoms with Crippen molar-refractivity contribution in [1.82, 2.24) is 5.32 Å². The monoisotopic (exact) mass is 361 g/mol. The highest BCUT2D eigenvalue weighted by Crippen LogP contribution is 2.24. The van der Waals surface area contributed by atoms with E-state index in [1.807, 2.05) is 13.8 Å². The first-order chi connectivity index (χ1) is 12.3. The molecule has 0 fully saturated rings. The van der Waals surface area contributed by atoms with E-state index in [0.29, 0.717) is 11.3 Å². The molecule has 1 atom stereocenters. The number of ether oxygens (including phenoxy) is 2. The lowest BCUT2D eigenvalue weighted by molar-refractivity contribution is -0.144. The van der Waals surface area contributed by atoms with Gasteiger partial charge < -0.3 is 19.9 Å². The van der Waals surface area contributed by atoms with Crippen LogP contribution in [-0.4, -0.2) is 36.7 Å². The van der Waals surface area contributed by atoms with E-state index >= 15 is 0 Å². The molecule has 1 amide bonds. The van der Waals surface area contributed by atoms with E-state index in [9.17, 15) is 19.1 Å². The Kier molecular flexibility index (Phi) is 6.16. The van der Waals surface area contributed by atoms with Crippen molar-refractivity contribution in [3.8, 4) is 11.5 Å². The number of carbonyl (C=O) groups excluding carboxylic acids is 1. The van der Waals surface area contributed by atoms with Crippen LogP contribution in [-0.2, 0) is 4.79 Å². The lowest BCUT2D eigenvalue weighted by atomic mass is 10.1. The minimum absolute atomic E-state index is 0.198. The second kappa shape index (κ2) is 8.33. The van der Waals surface area contributed by atoms with Gasteiger partial charge in [0.15, 0.2) is 0 Å². The largest absolute Gasteiger partial charge is 0.496 e. The molecule has 0 heterocycles. The number of hydrogen-bond donors (Lipinski definition) is 2. The molecule has 0 aromatic heterocycles. The van der Waals surface area contributed by atoms with Gasteiger partial charge in [0.25, 0.3) is 5.91 Å². The number of halogens is 1. The number of hydrogen-bond acceptors (Lipinski definition) is 4. The van der Waals surface area contributed by atoms with E-state index in [1.54, 1.807) is 19.2 Å². The number of carboxylic acid groups (broad SMARTS) is 1. The molecule has 2 rings (SSSR count). The van der Waals surface area contributed by atoms with Gasteiger partial charge in [0.05, 0.1) is 13.7 Å². The van der Waals surface area contributed by atoms with Gasteiger partial charge in [0.2, 0.25) is 6.10 Å². The Hall–Kier alpha value is -3.09. The van der Waals surface area contributed by atoms with Gasteiger partial charge in [0.1, 0.15) is 17.3 Å². The first-order valence-electron chi connectivity index (χ1n) is 7.90. The number of carboxylic acids is 1. The van der Waals surface area contributed by atoms with Crippen molar-refractivity contribution in [1.29, 1.82) is 0 Å². The topological polar surface area (TPSA) is 84.9 Å². The number of amides is 1. The Morgan fingerprint density at radius 2 is 1.73 bits per heavy atom. The Balaban J connectivity index is 2.05. The highest BCUT2D eigenvalue weighted by Gasteiger charge is 2.21. The summed E-state index contributed by atoms with van der Waals surface area (Å²) in [6, 6.07) is 8.30. The van der Waals surface area contributed by atoms with Crippen molar-refractivity contribution in [3.63, 3.8) is 0 Å². The molecule has 0 aliphatic rings. The third-order valence-electron chi connectivity index (χ3n) is 3.74. The SMILES string of the molecule is COc1c(C)cc(C(=O)NCC(Oc2ccc(F)cc2)C(=O)O)cc1C. The molecule has 2 aromatic carbocycles. The molecule has 6 nitrogen and oxygen atoms in total. The molecule has 0 spiro atoms. The van der Waals surface area contributed by atoms with Crippen molar-refractivity contribution in [2.24, 2.45) is 0 Å². The Morgan fingerprint density at radius 1 is 1.15 bits per heavy atom. The Labute approximate surface area is 150 Å². The van der Waals surface area contributed by atoms with Gasteiger partial charge in [0, 0.05) is 5.56 Å². The van der Waals surface area contributed by atoms with Crippen LogP contribution in [0.3, 0.4) is 0 Å². The van der Waals surface area contributed by atoms with Crippen molar-refractivity contribution < 1.29 is 28.6 Å². The zero-order valence-corrected chi connectivity index (χ0v) is 14.7. The van der Waals surface area contributed by atoms with Crippen molar-refractivity contribution in [2.45, 2.75) is 20.0 Å². The van der Waals surface area contributed by atoms with E-state index in [0.717, 1.165) is 23.3 Å². The van der Waals surface area contributed by atoms with Gasteiger partial charge in [-0.2, -0.15) is 0 Å². The first-order valence-corrected chi connectivity index (χ1v) is 7.90. The summed E-state index contributed by atoms with van der Waals surface area (Å²) in [6.45, 7) is 3.40. The highest BCUT2D eigenvalue weighted by molar-refractivity contribution is 5.95. The second-order valence-electron chi connectivity index (χ2n) is 5.75. The van der Waals surface area contributed by atoms with Crippen LogP contribution in [0.5, 0.6) is 11.5 Å². The molecule has 1 unspecified atom stereocenters. The van der Waals surface area contributed by atoms with Crippen LogP contribution in [0.1, 0.15) is 21.5 Å². The summed E-state index contributed by atoms with van der Waals surface area (Å²) in [6.07, 6.45) is -1.30. The van der Waals surface area contributed by atoms with Crippen molar-refractivity contribution in [2.75, 3.05) is 13.7 Å². The predicted octanol–water partition coefficient (Wildman–Crippen LogP) is 2.71. The fraction of sp³-hybridized carbons (Fsp3) is 0.263. The van der Waals surface area contributed by atoms with Crippen molar-refractivity contribution >= 4 is 11.9 Å². The fourth-order valence-electron chi connectivity index (χ4n) is 2.55. The Morgan fingerprint density at radius 3 is 2.23 bits per heavy atom. The average Bonchev–Trinajstić information content (AvgIpc) is 2.59. The number of nitrogens with one attached hydrogen (secondary N) is 1. The standard InChI is InChI=1S/C19H20FNO5/c1-11-8-13(9-12(2)17(11)25-3)18(22)21-10-16(19(23)24)26-15-6-4-14(20)5-7-15/h4-9,16H,10H2,1-3H3,(H,21,22)(H,23,24). The van der Waals surface area contributed by atoms with E-state index in [-0.39, 0.29) is 12.3 Å². The number of rotatable bonds is 7. The quantitative estimate of drug-likeness (QED) is 0.792. The molecule has 0 aliphatic carbocycles. The summed E-state index contributed by atoms with van der Waals surface area (Å²) < 4.78 is 23.5. The minimum atomic E-state index is -1.30. The van der Waals surface area contributed by atoms with Crippen LogP contribution in [0.2, 0.25) is 0 Å². The van der Waals surface area contributed by atoms with E-state index in [1.165, 1.54) is 12.1 Å². The van der Waals surface area contributed by atoms with Gasteiger partial charge in [-0.1, -0.05) is 0 Å². The van der Waals surface area contributed by atoms with E-state index in [4.69, 9.17) is 9.47 Å². The normalized spacial score (nSPS) is 11.5. The van der Waals surface area contributed by atoms with Gasteiger partial charge in [-0.05, 0) is 61.4 Å².